The molecule has 0 spiro atoms. The van der Waals surface area contributed by atoms with Crippen LogP contribution in [0.4, 0.5) is 0 Å². The summed E-state index contributed by atoms with van der Waals surface area (Å²) in [5.74, 6) is 0.230. The third-order valence-electron chi connectivity index (χ3n) is 4.27. The summed E-state index contributed by atoms with van der Waals surface area (Å²) in [6, 6.07) is 3.59. The Labute approximate surface area is 142 Å². The van der Waals surface area contributed by atoms with Crippen molar-refractivity contribution in [1.29, 1.82) is 0 Å². The fourth-order valence-corrected chi connectivity index (χ4v) is 3.46. The zero-order valence-corrected chi connectivity index (χ0v) is 14.1. The van der Waals surface area contributed by atoms with Crippen molar-refractivity contribution in [2.24, 2.45) is 0 Å². The maximum Gasteiger partial charge on any atom is 0.305 e. The summed E-state index contributed by atoms with van der Waals surface area (Å²) in [5, 5.41) is 11.9. The van der Waals surface area contributed by atoms with E-state index in [1.54, 1.807) is 12.1 Å². The summed E-state index contributed by atoms with van der Waals surface area (Å²) in [7, 11) is 0. The highest BCUT2D eigenvalue weighted by molar-refractivity contribution is 9.10. The van der Waals surface area contributed by atoms with Crippen LogP contribution in [0, 0.1) is 0 Å². The van der Waals surface area contributed by atoms with E-state index in [2.05, 4.69) is 21.2 Å². The second kappa shape index (κ2) is 6.39. The number of hydrogen-bond donors (Lipinski definition) is 2. The quantitative estimate of drug-likeness (QED) is 0.814. The summed E-state index contributed by atoms with van der Waals surface area (Å²) >= 11 is 3.45. The van der Waals surface area contributed by atoms with E-state index in [0.29, 0.717) is 37.6 Å². The van der Waals surface area contributed by atoms with Gasteiger partial charge in [-0.25, -0.2) is 0 Å². The number of nitrogens with one attached hydrogen (secondary N) is 1. The highest BCUT2D eigenvalue weighted by Gasteiger charge is 2.40. The van der Waals surface area contributed by atoms with Crippen LogP contribution in [0.15, 0.2) is 16.6 Å². The number of carbonyl (C=O) groups excluding carboxylic acids is 1. The van der Waals surface area contributed by atoms with E-state index in [0.717, 1.165) is 16.5 Å². The first-order valence-electron chi connectivity index (χ1n) is 7.58. The molecule has 1 heterocycles. The number of ether oxygens (including phenoxy) is 2. The Bertz CT molecular complexity index is 642. The number of carboxylic acids is 1. The first-order chi connectivity index (χ1) is 11.0. The van der Waals surface area contributed by atoms with Crippen molar-refractivity contribution in [2.45, 2.75) is 37.6 Å². The molecule has 1 saturated carbocycles. The Kier molecular flexibility index (Phi) is 4.48. The van der Waals surface area contributed by atoms with Gasteiger partial charge < -0.3 is 19.9 Å². The molecule has 7 heteroatoms. The van der Waals surface area contributed by atoms with Crippen molar-refractivity contribution < 1.29 is 24.2 Å². The second-order valence-corrected chi connectivity index (χ2v) is 6.87. The van der Waals surface area contributed by atoms with Crippen LogP contribution in [-0.4, -0.2) is 35.7 Å². The Morgan fingerprint density at radius 2 is 1.87 bits per heavy atom. The van der Waals surface area contributed by atoms with E-state index >= 15 is 0 Å². The van der Waals surface area contributed by atoms with Crippen molar-refractivity contribution in [2.75, 3.05) is 13.2 Å². The summed E-state index contributed by atoms with van der Waals surface area (Å²) in [6.07, 6.45) is 2.52. The predicted molar refractivity (Wildman–Crippen MR) is 85.8 cm³/mol. The van der Waals surface area contributed by atoms with Crippen molar-refractivity contribution >= 4 is 27.8 Å². The maximum absolute atomic E-state index is 12.3. The molecule has 1 aromatic carbocycles. The molecule has 2 aliphatic rings. The summed E-state index contributed by atoms with van der Waals surface area (Å²) < 4.78 is 11.8. The van der Waals surface area contributed by atoms with Crippen LogP contribution in [0.25, 0.3) is 0 Å². The molecule has 3 rings (SSSR count). The van der Waals surface area contributed by atoms with Crippen LogP contribution in [0.3, 0.4) is 0 Å². The molecular formula is C16H18BrNO5. The summed E-state index contributed by atoms with van der Waals surface area (Å²) in [5.41, 5.74) is 0.208. The maximum atomic E-state index is 12.3. The van der Waals surface area contributed by atoms with Crippen molar-refractivity contribution in [1.82, 2.24) is 5.32 Å². The Hall–Kier alpha value is -1.76. The minimum Gasteiger partial charge on any atom is -0.486 e. The molecule has 6 nitrogen and oxygen atoms in total. The molecular weight excluding hydrogens is 366 g/mol. The van der Waals surface area contributed by atoms with E-state index in [1.165, 1.54) is 0 Å². The summed E-state index contributed by atoms with van der Waals surface area (Å²) in [4.78, 5) is 23.3. The van der Waals surface area contributed by atoms with Crippen LogP contribution < -0.4 is 14.8 Å². The molecule has 23 heavy (non-hydrogen) atoms. The number of fused-ring (bicyclic) bond motifs is 1. The lowest BCUT2D eigenvalue weighted by molar-refractivity contribution is -0.140. The number of amides is 1. The average molecular weight is 384 g/mol. The Morgan fingerprint density at radius 1 is 1.22 bits per heavy atom. The van der Waals surface area contributed by atoms with E-state index in [1.807, 2.05) is 0 Å². The molecule has 1 aliphatic heterocycles. The minimum atomic E-state index is -0.884. The van der Waals surface area contributed by atoms with Gasteiger partial charge in [0.15, 0.2) is 11.5 Å². The van der Waals surface area contributed by atoms with Crippen LogP contribution in [0.1, 0.15) is 31.2 Å². The average Bonchev–Trinajstić information content (AvgIpc) is 2.45. The van der Waals surface area contributed by atoms with Crippen molar-refractivity contribution in [3.63, 3.8) is 0 Å². The van der Waals surface area contributed by atoms with Gasteiger partial charge in [0.05, 0.1) is 18.4 Å². The molecule has 0 atom stereocenters. The number of halogens is 1. The first kappa shape index (κ1) is 16.1. The predicted octanol–water partition coefficient (Wildman–Crippen LogP) is 2.28. The lowest BCUT2D eigenvalue weighted by atomic mass is 9.74. The highest BCUT2D eigenvalue weighted by Crippen LogP contribution is 2.37. The van der Waals surface area contributed by atoms with Gasteiger partial charge in [0.2, 0.25) is 5.91 Å². The zero-order valence-electron chi connectivity index (χ0n) is 12.6. The molecule has 124 valence electrons. The number of benzene rings is 1. The monoisotopic (exact) mass is 383 g/mol. The third kappa shape index (κ3) is 3.60. The van der Waals surface area contributed by atoms with Crippen LogP contribution >= 0.6 is 15.9 Å². The fraction of sp³-hybridized carbons (Fsp3) is 0.500. The van der Waals surface area contributed by atoms with E-state index in [-0.39, 0.29) is 18.7 Å². The van der Waals surface area contributed by atoms with Gasteiger partial charge in [0, 0.05) is 4.47 Å². The Balaban J connectivity index is 1.69. The van der Waals surface area contributed by atoms with E-state index < -0.39 is 11.5 Å². The van der Waals surface area contributed by atoms with Crippen LogP contribution in [0.2, 0.25) is 0 Å². The number of aliphatic carboxylic acids is 1. The smallest absolute Gasteiger partial charge is 0.305 e. The van der Waals surface area contributed by atoms with Gasteiger partial charge in [-0.3, -0.25) is 9.59 Å². The molecule has 1 amide bonds. The van der Waals surface area contributed by atoms with E-state index in [9.17, 15) is 9.59 Å². The molecule has 0 unspecified atom stereocenters. The van der Waals surface area contributed by atoms with Gasteiger partial charge in [-0.15, -0.1) is 0 Å². The lowest BCUT2D eigenvalue weighted by Gasteiger charge is -2.41. The topological polar surface area (TPSA) is 84.9 Å². The van der Waals surface area contributed by atoms with E-state index in [4.69, 9.17) is 14.6 Å². The number of carboxylic acid groups (broad SMARTS) is 1. The molecule has 1 fully saturated rings. The van der Waals surface area contributed by atoms with Crippen LogP contribution in [0.5, 0.6) is 11.5 Å². The van der Waals surface area contributed by atoms with Crippen molar-refractivity contribution in [3.05, 3.63) is 22.2 Å². The second-order valence-electron chi connectivity index (χ2n) is 6.02. The van der Waals surface area contributed by atoms with Gasteiger partial charge in [-0.1, -0.05) is 15.9 Å². The molecule has 0 aromatic heterocycles. The van der Waals surface area contributed by atoms with Gasteiger partial charge in [0.1, 0.15) is 13.2 Å². The number of carbonyl (C=O) groups is 2. The lowest BCUT2D eigenvalue weighted by Crippen LogP contribution is -2.55. The van der Waals surface area contributed by atoms with Gasteiger partial charge in [0.25, 0.3) is 0 Å². The van der Waals surface area contributed by atoms with Gasteiger partial charge in [-0.05, 0) is 37.0 Å². The van der Waals surface area contributed by atoms with Gasteiger partial charge in [-0.2, -0.15) is 0 Å². The highest BCUT2D eigenvalue weighted by atomic mass is 79.9. The van der Waals surface area contributed by atoms with Gasteiger partial charge >= 0.3 is 5.97 Å². The number of rotatable bonds is 5. The zero-order chi connectivity index (χ0) is 16.4. The third-order valence-corrected chi connectivity index (χ3v) is 5.01. The molecule has 0 saturated heterocycles. The fourth-order valence-electron chi connectivity index (χ4n) is 2.99. The SMILES string of the molecule is O=C(O)CC1(NC(=O)Cc2cc3c(cc2Br)OCCO3)CCC1. The number of hydrogen-bond acceptors (Lipinski definition) is 4. The molecule has 1 aromatic rings. The first-order valence-corrected chi connectivity index (χ1v) is 8.38. The normalized spacial score (nSPS) is 18.0. The standard InChI is InChI=1S/C16H18BrNO5/c17-11-8-13-12(22-4-5-23-13)6-10(11)7-14(19)18-16(2-1-3-16)9-15(20)21/h6,8H,1-5,7,9H2,(H,18,19)(H,20,21). The largest absolute Gasteiger partial charge is 0.486 e. The molecule has 0 bridgehead atoms. The van der Waals surface area contributed by atoms with Crippen LogP contribution in [-0.2, 0) is 16.0 Å². The molecule has 1 aliphatic carbocycles. The van der Waals surface area contributed by atoms with Crippen molar-refractivity contribution in [3.8, 4) is 11.5 Å². The Morgan fingerprint density at radius 3 is 2.43 bits per heavy atom. The molecule has 0 radical (unpaired) electrons. The summed E-state index contributed by atoms with van der Waals surface area (Å²) in [6.45, 7) is 0.999. The molecule has 2 N–H and O–H groups in total. The minimum absolute atomic E-state index is 0.0267.